The Hall–Kier alpha value is -2.60. The second-order valence-corrected chi connectivity index (χ2v) is 8.53. The Labute approximate surface area is 176 Å². The summed E-state index contributed by atoms with van der Waals surface area (Å²) < 4.78 is 2.00. The van der Waals surface area contributed by atoms with Gasteiger partial charge in [0.1, 0.15) is 5.82 Å². The predicted molar refractivity (Wildman–Crippen MR) is 118 cm³/mol. The Kier molecular flexibility index (Phi) is 7.09. The van der Waals surface area contributed by atoms with Crippen molar-refractivity contribution in [2.45, 2.75) is 57.0 Å². The molecule has 6 heteroatoms. The van der Waals surface area contributed by atoms with Gasteiger partial charge < -0.3 is 5.32 Å². The zero-order valence-corrected chi connectivity index (χ0v) is 18.2. The van der Waals surface area contributed by atoms with E-state index < -0.39 is 0 Å². The number of aryl methyl sites for hydroxylation is 2. The molecule has 5 nitrogen and oxygen atoms in total. The third kappa shape index (κ3) is 5.26. The smallest absolute Gasteiger partial charge is 0.233 e. The lowest BCUT2D eigenvalue weighted by molar-refractivity contribution is -0.121. The van der Waals surface area contributed by atoms with Crippen molar-refractivity contribution >= 4 is 17.7 Å². The van der Waals surface area contributed by atoms with E-state index in [2.05, 4.69) is 53.6 Å². The molecule has 0 unspecified atom stereocenters. The summed E-state index contributed by atoms with van der Waals surface area (Å²) in [7, 11) is 0. The van der Waals surface area contributed by atoms with Gasteiger partial charge in [-0.3, -0.25) is 9.36 Å². The molecule has 1 N–H and O–H groups in total. The molecule has 152 valence electrons. The first-order valence-electron chi connectivity index (χ1n) is 10.0. The van der Waals surface area contributed by atoms with E-state index in [4.69, 9.17) is 0 Å². The van der Waals surface area contributed by atoms with Crippen LogP contribution in [0.3, 0.4) is 0 Å². The van der Waals surface area contributed by atoms with Gasteiger partial charge >= 0.3 is 0 Å². The Morgan fingerprint density at radius 2 is 1.86 bits per heavy atom. The molecule has 0 saturated carbocycles. The molecule has 0 aliphatic heterocycles. The summed E-state index contributed by atoms with van der Waals surface area (Å²) in [5, 5.41) is 12.2. The van der Waals surface area contributed by atoms with Crippen molar-refractivity contribution in [1.82, 2.24) is 20.1 Å². The van der Waals surface area contributed by atoms with E-state index in [0.717, 1.165) is 35.1 Å². The van der Waals surface area contributed by atoms with Gasteiger partial charge in [-0.15, -0.1) is 10.2 Å². The van der Waals surface area contributed by atoms with Crippen LogP contribution in [0, 0.1) is 13.8 Å². The summed E-state index contributed by atoms with van der Waals surface area (Å²) in [5.41, 5.74) is 3.32. The number of carbonyl (C=O) groups is 1. The maximum atomic E-state index is 12.9. The number of carbonyl (C=O) groups excluding carboxylic acids is 1. The zero-order valence-electron chi connectivity index (χ0n) is 17.4. The summed E-state index contributed by atoms with van der Waals surface area (Å²) in [6, 6.07) is 18.4. The number of hydrogen-bond acceptors (Lipinski definition) is 4. The summed E-state index contributed by atoms with van der Waals surface area (Å²) in [4.78, 5) is 12.9. The van der Waals surface area contributed by atoms with Crippen molar-refractivity contribution in [1.29, 1.82) is 0 Å². The summed E-state index contributed by atoms with van der Waals surface area (Å²) in [5.74, 6) is 0.813. The minimum Gasteiger partial charge on any atom is -0.348 e. The van der Waals surface area contributed by atoms with Gasteiger partial charge in [0.2, 0.25) is 5.91 Å². The highest BCUT2D eigenvalue weighted by Crippen LogP contribution is 2.27. The van der Waals surface area contributed by atoms with Gasteiger partial charge in [-0.2, -0.15) is 0 Å². The van der Waals surface area contributed by atoms with E-state index in [0.29, 0.717) is 0 Å². The molecular formula is C23H28N4OS. The molecule has 1 amide bonds. The van der Waals surface area contributed by atoms with E-state index in [-0.39, 0.29) is 17.2 Å². The molecule has 0 fully saturated rings. The lowest BCUT2D eigenvalue weighted by Gasteiger charge is -2.21. The van der Waals surface area contributed by atoms with Gasteiger partial charge in [0.25, 0.3) is 0 Å². The van der Waals surface area contributed by atoms with Gasteiger partial charge in [0, 0.05) is 5.69 Å². The summed E-state index contributed by atoms with van der Waals surface area (Å²) >= 11 is 1.43. The van der Waals surface area contributed by atoms with Crippen LogP contribution in [-0.4, -0.2) is 25.9 Å². The minimum atomic E-state index is -0.287. The summed E-state index contributed by atoms with van der Waals surface area (Å²) in [6.45, 7) is 8.03. The Morgan fingerprint density at radius 3 is 2.55 bits per heavy atom. The van der Waals surface area contributed by atoms with E-state index in [1.807, 2.05) is 48.7 Å². The highest BCUT2D eigenvalue weighted by Gasteiger charge is 2.22. The largest absolute Gasteiger partial charge is 0.348 e. The van der Waals surface area contributed by atoms with Crippen LogP contribution in [0.5, 0.6) is 0 Å². The number of hydrogen-bond donors (Lipinski definition) is 1. The van der Waals surface area contributed by atoms with Gasteiger partial charge in [0.15, 0.2) is 5.16 Å². The highest BCUT2D eigenvalue weighted by molar-refractivity contribution is 8.00. The Morgan fingerprint density at radius 1 is 1.10 bits per heavy atom. The average Bonchev–Trinajstić information content (AvgIpc) is 3.08. The fourth-order valence-electron chi connectivity index (χ4n) is 3.28. The minimum absolute atomic E-state index is 0.00810. The first-order chi connectivity index (χ1) is 14.0. The molecule has 2 atom stereocenters. The van der Waals surface area contributed by atoms with Crippen LogP contribution >= 0.6 is 11.8 Å². The number of benzene rings is 2. The average molecular weight is 409 g/mol. The third-order valence-electron chi connectivity index (χ3n) is 4.80. The molecule has 0 aliphatic rings. The number of aromatic nitrogens is 3. The van der Waals surface area contributed by atoms with Crippen molar-refractivity contribution in [3.8, 4) is 5.69 Å². The lowest BCUT2D eigenvalue weighted by Crippen LogP contribution is -2.34. The lowest BCUT2D eigenvalue weighted by atomic mass is 10.0. The van der Waals surface area contributed by atoms with Gasteiger partial charge in [0.05, 0.1) is 11.3 Å². The highest BCUT2D eigenvalue weighted by atomic mass is 32.2. The summed E-state index contributed by atoms with van der Waals surface area (Å²) in [6.07, 6.45) is 1.91. The molecule has 0 aliphatic carbocycles. The van der Waals surface area contributed by atoms with Gasteiger partial charge in [-0.1, -0.05) is 67.6 Å². The third-order valence-corrected chi connectivity index (χ3v) is 5.84. The van der Waals surface area contributed by atoms with Crippen LogP contribution < -0.4 is 5.32 Å². The quantitative estimate of drug-likeness (QED) is 0.532. The fraction of sp³-hybridized carbons (Fsp3) is 0.348. The molecule has 3 aromatic rings. The zero-order chi connectivity index (χ0) is 20.8. The van der Waals surface area contributed by atoms with E-state index >= 15 is 0 Å². The molecule has 29 heavy (non-hydrogen) atoms. The SMILES string of the molecule is CCC[C@@H](NC(=O)[C@H](C)Sc1nnc(C)n1-c1cccc(C)c1)c1ccccc1. The number of thioether (sulfide) groups is 1. The predicted octanol–water partition coefficient (Wildman–Crippen LogP) is 5.02. The van der Waals surface area contributed by atoms with Crippen molar-refractivity contribution in [3.63, 3.8) is 0 Å². The second kappa shape index (κ2) is 9.74. The van der Waals surface area contributed by atoms with Crippen LogP contribution in [0.15, 0.2) is 59.8 Å². The second-order valence-electron chi connectivity index (χ2n) is 7.22. The standard InChI is InChI=1S/C23H28N4OS/c1-5-10-21(19-12-7-6-8-13-19)24-22(28)17(3)29-23-26-25-18(4)27(23)20-14-9-11-16(2)15-20/h6-9,11-15,17,21H,5,10H2,1-4H3,(H,24,28)/t17-,21+/m0/s1. The number of nitrogens with zero attached hydrogens (tertiary/aromatic N) is 3. The Bertz CT molecular complexity index is 955. The molecule has 1 heterocycles. The maximum absolute atomic E-state index is 12.9. The first-order valence-corrected chi connectivity index (χ1v) is 10.9. The first kappa shape index (κ1) is 21.1. The number of amides is 1. The number of rotatable bonds is 8. The van der Waals surface area contributed by atoms with Crippen LogP contribution in [0.2, 0.25) is 0 Å². The molecule has 1 aromatic heterocycles. The van der Waals surface area contributed by atoms with Crippen LogP contribution in [0.4, 0.5) is 0 Å². The van der Waals surface area contributed by atoms with E-state index in [1.54, 1.807) is 0 Å². The van der Waals surface area contributed by atoms with Crippen molar-refractivity contribution in [2.24, 2.45) is 0 Å². The maximum Gasteiger partial charge on any atom is 0.233 e. The molecule has 0 bridgehead atoms. The molecule has 2 aromatic carbocycles. The van der Waals surface area contributed by atoms with Crippen LogP contribution in [-0.2, 0) is 4.79 Å². The van der Waals surface area contributed by atoms with Crippen molar-refractivity contribution in [2.75, 3.05) is 0 Å². The normalized spacial score (nSPS) is 13.1. The van der Waals surface area contributed by atoms with Crippen LogP contribution in [0.25, 0.3) is 5.69 Å². The van der Waals surface area contributed by atoms with Crippen LogP contribution in [0.1, 0.15) is 49.7 Å². The van der Waals surface area contributed by atoms with Crippen molar-refractivity contribution in [3.05, 3.63) is 71.5 Å². The molecule has 0 saturated heterocycles. The molecule has 0 radical (unpaired) electrons. The topological polar surface area (TPSA) is 59.8 Å². The molecular weight excluding hydrogens is 380 g/mol. The molecule has 3 rings (SSSR count). The Balaban J connectivity index is 1.75. The fourth-order valence-corrected chi connectivity index (χ4v) is 4.20. The number of nitrogens with one attached hydrogen (secondary N) is 1. The van der Waals surface area contributed by atoms with Crippen molar-refractivity contribution < 1.29 is 4.79 Å². The van der Waals surface area contributed by atoms with E-state index in [1.165, 1.54) is 17.3 Å². The molecule has 0 spiro atoms. The van der Waals surface area contributed by atoms with Gasteiger partial charge in [-0.25, -0.2) is 0 Å². The van der Waals surface area contributed by atoms with E-state index in [9.17, 15) is 4.79 Å². The monoisotopic (exact) mass is 408 g/mol. The van der Waals surface area contributed by atoms with Gasteiger partial charge in [-0.05, 0) is 50.5 Å².